The monoisotopic (exact) mass is 240 g/mol. The minimum Gasteiger partial charge on any atom is -0.386 e. The van der Waals surface area contributed by atoms with Crippen LogP contribution in [0.1, 0.15) is 12.8 Å². The van der Waals surface area contributed by atoms with Crippen LogP contribution < -0.4 is 11.1 Å². The number of halogens is 1. The Labute approximate surface area is 70.0 Å². The molecule has 0 unspecified atom stereocenters. The Balaban J connectivity index is 2.83. The lowest BCUT2D eigenvalue weighted by Crippen LogP contribution is -2.19. The zero-order valence-corrected chi connectivity index (χ0v) is 7.65. The molecule has 0 atom stereocenters. The number of rotatable bonds is 5. The van der Waals surface area contributed by atoms with E-state index < -0.39 is 0 Å². The molecule has 54 valence electrons. The zero-order valence-electron chi connectivity index (χ0n) is 5.49. The van der Waals surface area contributed by atoms with Crippen molar-refractivity contribution in [3.8, 4) is 0 Å². The first-order valence-electron chi connectivity index (χ1n) is 3.01. The Morgan fingerprint density at radius 2 is 2.22 bits per heavy atom. The summed E-state index contributed by atoms with van der Waals surface area (Å²) in [5.41, 5.74) is 5.27. The summed E-state index contributed by atoms with van der Waals surface area (Å²) >= 11 is 2.36. The number of hydrogen-bond donors (Lipinski definition) is 2. The van der Waals surface area contributed by atoms with Crippen LogP contribution in [-0.2, 0) is 0 Å². The molecule has 0 fully saturated rings. The van der Waals surface area contributed by atoms with Crippen LogP contribution in [0, 0.1) is 0 Å². The summed E-state index contributed by atoms with van der Waals surface area (Å²) in [6.07, 6.45) is 2.43. The fourth-order valence-corrected chi connectivity index (χ4v) is 1.01. The highest BCUT2D eigenvalue weighted by Crippen LogP contribution is 1.92. The predicted molar refractivity (Wildman–Crippen MR) is 49.5 cm³/mol. The van der Waals surface area contributed by atoms with Crippen LogP contribution in [0.25, 0.3) is 0 Å². The van der Waals surface area contributed by atoms with Gasteiger partial charge in [-0.3, -0.25) is 0 Å². The molecule has 0 saturated heterocycles. The molecule has 0 rings (SSSR count). The number of nitrogens with one attached hydrogen (secondary N) is 1. The second kappa shape index (κ2) is 6.19. The summed E-state index contributed by atoms with van der Waals surface area (Å²) in [6.45, 7) is 4.47. The first-order valence-corrected chi connectivity index (χ1v) is 4.54. The number of hydrogen-bond acceptors (Lipinski definition) is 2. The van der Waals surface area contributed by atoms with Crippen LogP contribution >= 0.6 is 22.6 Å². The molecule has 0 spiro atoms. The van der Waals surface area contributed by atoms with E-state index in [0.29, 0.717) is 5.82 Å². The molecule has 0 saturated carbocycles. The lowest BCUT2D eigenvalue weighted by molar-refractivity contribution is 0.714. The summed E-state index contributed by atoms with van der Waals surface area (Å²) < 4.78 is 1.22. The second-order valence-electron chi connectivity index (χ2n) is 1.85. The van der Waals surface area contributed by atoms with Gasteiger partial charge in [0.15, 0.2) is 0 Å². The van der Waals surface area contributed by atoms with E-state index >= 15 is 0 Å². The molecule has 0 radical (unpaired) electrons. The van der Waals surface area contributed by atoms with E-state index in [4.69, 9.17) is 5.73 Å². The van der Waals surface area contributed by atoms with Crippen LogP contribution in [0.2, 0.25) is 0 Å². The molecule has 3 N–H and O–H groups in total. The van der Waals surface area contributed by atoms with Crippen molar-refractivity contribution in [2.45, 2.75) is 12.8 Å². The number of unbranched alkanes of at least 4 members (excludes halogenated alkanes) is 1. The van der Waals surface area contributed by atoms with Gasteiger partial charge in [0.25, 0.3) is 0 Å². The van der Waals surface area contributed by atoms with Crippen molar-refractivity contribution in [3.05, 3.63) is 12.4 Å². The van der Waals surface area contributed by atoms with E-state index in [0.717, 1.165) is 6.54 Å². The fourth-order valence-electron chi connectivity index (χ4n) is 0.468. The zero-order chi connectivity index (χ0) is 7.11. The standard InChI is InChI=1S/C6H13IN2/c1-6(8)9-5-3-2-4-7/h9H,1-5,8H2. The molecule has 0 aromatic rings. The molecule has 2 nitrogen and oxygen atoms in total. The molecular weight excluding hydrogens is 227 g/mol. The van der Waals surface area contributed by atoms with Gasteiger partial charge in [-0.05, 0) is 17.3 Å². The Bertz CT molecular complexity index is 83.1. The van der Waals surface area contributed by atoms with Gasteiger partial charge in [0.05, 0.1) is 5.82 Å². The van der Waals surface area contributed by atoms with Gasteiger partial charge >= 0.3 is 0 Å². The van der Waals surface area contributed by atoms with E-state index in [2.05, 4.69) is 34.5 Å². The Kier molecular flexibility index (Phi) is 6.24. The van der Waals surface area contributed by atoms with Gasteiger partial charge in [-0.15, -0.1) is 0 Å². The Hall–Kier alpha value is 0.0700. The fraction of sp³-hybridized carbons (Fsp3) is 0.667. The van der Waals surface area contributed by atoms with Crippen LogP contribution in [0.3, 0.4) is 0 Å². The van der Waals surface area contributed by atoms with Crippen LogP contribution in [0.5, 0.6) is 0 Å². The Morgan fingerprint density at radius 3 is 2.67 bits per heavy atom. The molecule has 0 bridgehead atoms. The Morgan fingerprint density at radius 1 is 1.56 bits per heavy atom. The highest BCUT2D eigenvalue weighted by molar-refractivity contribution is 14.1. The van der Waals surface area contributed by atoms with Crippen molar-refractivity contribution in [2.24, 2.45) is 5.73 Å². The van der Waals surface area contributed by atoms with Crippen LogP contribution in [-0.4, -0.2) is 11.0 Å². The smallest absolute Gasteiger partial charge is 0.0885 e. The lowest BCUT2D eigenvalue weighted by atomic mass is 10.3. The van der Waals surface area contributed by atoms with Gasteiger partial charge in [0, 0.05) is 6.54 Å². The third kappa shape index (κ3) is 8.07. The third-order valence-electron chi connectivity index (χ3n) is 0.912. The van der Waals surface area contributed by atoms with Crippen molar-refractivity contribution in [1.29, 1.82) is 0 Å². The number of nitrogens with two attached hydrogens (primary N) is 1. The van der Waals surface area contributed by atoms with E-state index in [1.54, 1.807) is 0 Å². The molecule has 0 aromatic carbocycles. The largest absolute Gasteiger partial charge is 0.386 e. The average molecular weight is 240 g/mol. The summed E-state index contributed by atoms with van der Waals surface area (Å²) in [5.74, 6) is 0.573. The number of alkyl halides is 1. The second-order valence-corrected chi connectivity index (χ2v) is 2.93. The molecule has 0 amide bonds. The van der Waals surface area contributed by atoms with Crippen LogP contribution in [0.4, 0.5) is 0 Å². The topological polar surface area (TPSA) is 38.0 Å². The van der Waals surface area contributed by atoms with Gasteiger partial charge in [-0.2, -0.15) is 0 Å². The molecule has 3 heteroatoms. The maximum atomic E-state index is 5.27. The van der Waals surface area contributed by atoms with Gasteiger partial charge in [0.2, 0.25) is 0 Å². The van der Waals surface area contributed by atoms with Crippen molar-refractivity contribution >= 4 is 22.6 Å². The van der Waals surface area contributed by atoms with Gasteiger partial charge in [-0.1, -0.05) is 29.2 Å². The van der Waals surface area contributed by atoms with E-state index in [1.165, 1.54) is 17.3 Å². The third-order valence-corrected chi connectivity index (χ3v) is 1.68. The normalized spacial score (nSPS) is 9.00. The van der Waals surface area contributed by atoms with E-state index in [-0.39, 0.29) is 0 Å². The summed E-state index contributed by atoms with van der Waals surface area (Å²) in [6, 6.07) is 0. The molecule has 0 aliphatic rings. The summed E-state index contributed by atoms with van der Waals surface area (Å²) in [5, 5.41) is 2.96. The molecule has 0 aromatic heterocycles. The van der Waals surface area contributed by atoms with Crippen molar-refractivity contribution in [3.63, 3.8) is 0 Å². The van der Waals surface area contributed by atoms with Gasteiger partial charge in [-0.25, -0.2) is 0 Å². The minimum atomic E-state index is 0.573. The van der Waals surface area contributed by atoms with Gasteiger partial charge in [0.1, 0.15) is 0 Å². The summed E-state index contributed by atoms with van der Waals surface area (Å²) in [4.78, 5) is 0. The summed E-state index contributed by atoms with van der Waals surface area (Å²) in [7, 11) is 0. The molecule has 0 aliphatic carbocycles. The highest BCUT2D eigenvalue weighted by atomic mass is 127. The average Bonchev–Trinajstić information content (AvgIpc) is 1.80. The molecule has 9 heavy (non-hydrogen) atoms. The van der Waals surface area contributed by atoms with Crippen molar-refractivity contribution in [1.82, 2.24) is 5.32 Å². The maximum absolute atomic E-state index is 5.27. The van der Waals surface area contributed by atoms with Crippen LogP contribution in [0.15, 0.2) is 12.4 Å². The van der Waals surface area contributed by atoms with E-state index in [9.17, 15) is 0 Å². The van der Waals surface area contributed by atoms with E-state index in [1.807, 2.05) is 0 Å². The lowest BCUT2D eigenvalue weighted by Gasteiger charge is -2.01. The molecule has 0 aliphatic heterocycles. The molecular formula is C6H13IN2. The minimum absolute atomic E-state index is 0.573. The molecule has 0 heterocycles. The highest BCUT2D eigenvalue weighted by Gasteiger charge is 1.84. The van der Waals surface area contributed by atoms with Gasteiger partial charge < -0.3 is 11.1 Å². The van der Waals surface area contributed by atoms with Crippen molar-refractivity contribution < 1.29 is 0 Å². The SMILES string of the molecule is C=C(N)NCCCCI. The predicted octanol–water partition coefficient (Wildman–Crippen LogP) is 1.22. The van der Waals surface area contributed by atoms with Crippen molar-refractivity contribution in [2.75, 3.05) is 11.0 Å². The first kappa shape index (κ1) is 9.07. The quantitative estimate of drug-likeness (QED) is 0.430. The first-order chi connectivity index (χ1) is 4.27. The maximum Gasteiger partial charge on any atom is 0.0885 e.